The minimum atomic E-state index is -1.22. The summed E-state index contributed by atoms with van der Waals surface area (Å²) >= 11 is 0. The number of carboxylic acid groups (broad SMARTS) is 1. The molecule has 178 valence electrons. The second-order valence-corrected chi connectivity index (χ2v) is 8.36. The van der Waals surface area contributed by atoms with E-state index in [9.17, 15) is 19.8 Å². The average molecular weight is 474 g/mol. The normalized spacial score (nSPS) is 15.4. The maximum Gasteiger partial charge on any atom is 0.371 e. The van der Waals surface area contributed by atoms with E-state index in [0.29, 0.717) is 17.8 Å². The Labute approximate surface area is 198 Å². The number of carbonyl (C=O) groups is 1. The number of aliphatic hydroxyl groups is 1. The first-order valence-corrected chi connectivity index (χ1v) is 11.0. The molecule has 4 aromatic rings. The fourth-order valence-corrected chi connectivity index (χ4v) is 4.25. The zero-order chi connectivity index (χ0) is 24.7. The molecule has 5 rings (SSSR count). The predicted molar refractivity (Wildman–Crippen MR) is 126 cm³/mol. The second-order valence-electron chi connectivity index (χ2n) is 8.36. The number of hydrogen-bond donors (Lipinski definition) is 4. The average Bonchev–Trinajstić information content (AvgIpc) is 3.44. The number of nitrogens with zero attached hydrogens (tertiary/aromatic N) is 3. The lowest BCUT2D eigenvalue weighted by molar-refractivity contribution is 0.0663. The summed E-state index contributed by atoms with van der Waals surface area (Å²) in [5, 5.41) is 41.2. The molecule has 2 aromatic carbocycles. The Balaban J connectivity index is 1.48. The molecule has 0 amide bonds. The van der Waals surface area contributed by atoms with Gasteiger partial charge in [-0.15, -0.1) is 10.2 Å². The summed E-state index contributed by atoms with van der Waals surface area (Å²) in [5.74, 6) is -1.59. The quantitative estimate of drug-likeness (QED) is 0.301. The van der Waals surface area contributed by atoms with Crippen LogP contribution < -0.4 is 5.56 Å². The van der Waals surface area contributed by atoms with Gasteiger partial charge in [0, 0.05) is 0 Å². The van der Waals surface area contributed by atoms with E-state index in [1.54, 1.807) is 19.1 Å². The fourth-order valence-electron chi connectivity index (χ4n) is 4.25. The van der Waals surface area contributed by atoms with Crippen LogP contribution in [-0.4, -0.2) is 31.1 Å². The zero-order valence-electron chi connectivity index (χ0n) is 18.7. The standard InChI is InChI=1S/C25H22N4O6/c1-13-22(24(32)29(28-13)15-9-8-14-4-2-7-19(30)17(14)12-15)27-26-18-6-3-5-16(23(18)31)20-10-11-21(35-20)25(33)34/h3,5-6,8-12,19,28,30-31H,2,4,7H2,1H3,(H,33,34). The highest BCUT2D eigenvalue weighted by Crippen LogP contribution is 2.38. The molecule has 0 saturated carbocycles. The van der Waals surface area contributed by atoms with Crippen molar-refractivity contribution in [2.45, 2.75) is 32.3 Å². The van der Waals surface area contributed by atoms with Crippen molar-refractivity contribution in [3.63, 3.8) is 0 Å². The van der Waals surface area contributed by atoms with Crippen molar-refractivity contribution < 1.29 is 24.5 Å². The lowest BCUT2D eigenvalue weighted by atomic mass is 9.89. The number of aryl methyl sites for hydroxylation is 2. The summed E-state index contributed by atoms with van der Waals surface area (Å²) in [6.45, 7) is 1.69. The van der Waals surface area contributed by atoms with Gasteiger partial charge in [0.2, 0.25) is 5.76 Å². The summed E-state index contributed by atoms with van der Waals surface area (Å²) in [7, 11) is 0. The number of hydrogen-bond acceptors (Lipinski definition) is 7. The number of azo groups is 1. The minimum absolute atomic E-state index is 0.0687. The molecule has 2 heterocycles. The molecule has 0 radical (unpaired) electrons. The molecule has 2 aromatic heterocycles. The first-order valence-electron chi connectivity index (χ1n) is 11.0. The number of aromatic amines is 1. The molecule has 35 heavy (non-hydrogen) atoms. The van der Waals surface area contributed by atoms with Crippen LogP contribution in [0.1, 0.15) is 46.3 Å². The monoisotopic (exact) mass is 474 g/mol. The Morgan fingerprint density at radius 2 is 2.00 bits per heavy atom. The molecule has 1 aliphatic carbocycles. The van der Waals surface area contributed by atoms with E-state index in [0.717, 1.165) is 24.0 Å². The molecule has 10 heteroatoms. The van der Waals surface area contributed by atoms with E-state index in [1.165, 1.54) is 22.9 Å². The van der Waals surface area contributed by atoms with Crippen molar-refractivity contribution in [3.8, 4) is 22.8 Å². The van der Waals surface area contributed by atoms with Crippen molar-refractivity contribution >= 4 is 17.3 Å². The van der Waals surface area contributed by atoms with E-state index >= 15 is 0 Å². The summed E-state index contributed by atoms with van der Waals surface area (Å²) in [5.41, 5.74) is 2.92. The number of fused-ring (bicyclic) bond motifs is 1. The molecule has 1 aliphatic rings. The molecule has 0 saturated heterocycles. The third-order valence-corrected chi connectivity index (χ3v) is 6.07. The molecule has 4 N–H and O–H groups in total. The van der Waals surface area contributed by atoms with E-state index in [4.69, 9.17) is 9.52 Å². The summed E-state index contributed by atoms with van der Waals surface area (Å²) in [6.07, 6.45) is 1.95. The van der Waals surface area contributed by atoms with Crippen LogP contribution in [0.25, 0.3) is 17.0 Å². The highest BCUT2D eigenvalue weighted by molar-refractivity contribution is 5.85. The van der Waals surface area contributed by atoms with Crippen molar-refractivity contribution in [1.82, 2.24) is 9.78 Å². The number of benzene rings is 2. The van der Waals surface area contributed by atoms with Gasteiger partial charge in [-0.3, -0.25) is 9.89 Å². The topological polar surface area (TPSA) is 153 Å². The summed E-state index contributed by atoms with van der Waals surface area (Å²) < 4.78 is 6.60. The number of rotatable bonds is 5. The van der Waals surface area contributed by atoms with E-state index in [1.807, 2.05) is 18.2 Å². The van der Waals surface area contributed by atoms with Crippen molar-refractivity contribution in [3.05, 3.63) is 81.5 Å². The highest BCUT2D eigenvalue weighted by atomic mass is 16.4. The largest absolute Gasteiger partial charge is 0.505 e. The number of carboxylic acids is 1. The Bertz CT molecular complexity index is 1530. The summed E-state index contributed by atoms with van der Waals surface area (Å²) in [4.78, 5) is 24.2. The number of aromatic carboxylic acids is 1. The first kappa shape index (κ1) is 22.4. The molecule has 1 atom stereocenters. The van der Waals surface area contributed by atoms with Crippen LogP contribution in [0.2, 0.25) is 0 Å². The third kappa shape index (κ3) is 4.04. The van der Waals surface area contributed by atoms with Gasteiger partial charge >= 0.3 is 5.97 Å². The number of para-hydroxylation sites is 1. The highest BCUT2D eigenvalue weighted by Gasteiger charge is 2.20. The maximum atomic E-state index is 13.1. The van der Waals surface area contributed by atoms with E-state index in [-0.39, 0.29) is 34.2 Å². The number of phenols is 1. The lowest BCUT2D eigenvalue weighted by Crippen LogP contribution is -2.16. The van der Waals surface area contributed by atoms with Gasteiger partial charge in [0.05, 0.1) is 23.0 Å². The molecule has 0 spiro atoms. The van der Waals surface area contributed by atoms with Crippen molar-refractivity contribution in [2.24, 2.45) is 10.2 Å². The van der Waals surface area contributed by atoms with Gasteiger partial charge < -0.3 is 19.7 Å². The van der Waals surface area contributed by atoms with Gasteiger partial charge in [-0.05, 0) is 73.7 Å². The second kappa shape index (κ2) is 8.73. The van der Waals surface area contributed by atoms with Gasteiger partial charge in [-0.25, -0.2) is 9.48 Å². The third-order valence-electron chi connectivity index (χ3n) is 6.07. The van der Waals surface area contributed by atoms with Crippen LogP contribution in [0.5, 0.6) is 5.75 Å². The Kier molecular flexibility index (Phi) is 5.58. The van der Waals surface area contributed by atoms with Crippen molar-refractivity contribution in [1.29, 1.82) is 0 Å². The Morgan fingerprint density at radius 3 is 2.77 bits per heavy atom. The number of furan rings is 1. The fraction of sp³-hybridized carbons (Fsp3) is 0.200. The molecular weight excluding hydrogens is 452 g/mol. The molecule has 0 aliphatic heterocycles. The van der Waals surface area contributed by atoms with Gasteiger partial charge in [-0.2, -0.15) is 0 Å². The smallest absolute Gasteiger partial charge is 0.371 e. The zero-order valence-corrected chi connectivity index (χ0v) is 18.7. The lowest BCUT2D eigenvalue weighted by Gasteiger charge is -2.21. The van der Waals surface area contributed by atoms with Crippen LogP contribution in [0.15, 0.2) is 68.0 Å². The van der Waals surface area contributed by atoms with Crippen LogP contribution >= 0.6 is 0 Å². The van der Waals surface area contributed by atoms with Gasteiger partial charge in [0.15, 0.2) is 11.4 Å². The summed E-state index contributed by atoms with van der Waals surface area (Å²) in [6, 6.07) is 12.9. The van der Waals surface area contributed by atoms with Gasteiger partial charge in [-0.1, -0.05) is 12.1 Å². The minimum Gasteiger partial charge on any atom is -0.505 e. The van der Waals surface area contributed by atoms with Crippen LogP contribution in [0.4, 0.5) is 11.4 Å². The molecule has 0 bridgehead atoms. The van der Waals surface area contributed by atoms with Gasteiger partial charge in [0.1, 0.15) is 11.4 Å². The number of aliphatic hydroxyl groups excluding tert-OH is 1. The van der Waals surface area contributed by atoms with E-state index < -0.39 is 17.6 Å². The predicted octanol–water partition coefficient (Wildman–Crippen LogP) is 4.92. The van der Waals surface area contributed by atoms with Crippen molar-refractivity contribution in [2.75, 3.05) is 0 Å². The molecule has 0 fully saturated rings. The Hall–Kier alpha value is -4.44. The number of aromatic nitrogens is 2. The number of H-pyrrole nitrogens is 1. The SMILES string of the molecule is Cc1[nH]n(-c2ccc3c(c2)C(O)CCC3)c(=O)c1N=Nc1cccc(-c2ccc(C(=O)O)o2)c1O. The maximum absolute atomic E-state index is 13.1. The van der Waals surface area contributed by atoms with Crippen LogP contribution in [0, 0.1) is 6.92 Å². The molecule has 1 unspecified atom stereocenters. The van der Waals surface area contributed by atoms with E-state index in [2.05, 4.69) is 15.3 Å². The van der Waals surface area contributed by atoms with Crippen LogP contribution in [-0.2, 0) is 6.42 Å². The van der Waals surface area contributed by atoms with Gasteiger partial charge in [0.25, 0.3) is 5.56 Å². The number of nitrogens with one attached hydrogen (secondary N) is 1. The Morgan fingerprint density at radius 1 is 1.17 bits per heavy atom. The number of phenolic OH excluding ortho intramolecular Hbond substituents is 1. The molecule has 10 nitrogen and oxygen atoms in total. The molecular formula is C25H22N4O6. The number of aromatic hydroxyl groups is 1. The van der Waals surface area contributed by atoms with Crippen LogP contribution in [0.3, 0.4) is 0 Å². The first-order chi connectivity index (χ1) is 16.8.